The van der Waals surface area contributed by atoms with Crippen molar-refractivity contribution >= 4 is 20.0 Å². The van der Waals surface area contributed by atoms with E-state index >= 15 is 0 Å². The van der Waals surface area contributed by atoms with Crippen molar-refractivity contribution in [2.45, 2.75) is 56.7 Å². The van der Waals surface area contributed by atoms with Gasteiger partial charge in [-0.2, -0.15) is 26.3 Å². The molecule has 0 bridgehead atoms. The topological polar surface area (TPSA) is 128 Å². The monoisotopic (exact) mass is 462 g/mol. The summed E-state index contributed by atoms with van der Waals surface area (Å²) in [6, 6.07) is 0.145. The highest BCUT2D eigenvalue weighted by molar-refractivity contribution is 8.13. The van der Waals surface area contributed by atoms with Gasteiger partial charge in [-0.05, 0) is 12.8 Å². The minimum atomic E-state index is -6.72. The number of H-pyrrole nitrogens is 1. The van der Waals surface area contributed by atoms with Crippen molar-refractivity contribution in [3.8, 4) is 0 Å². The van der Waals surface area contributed by atoms with Crippen molar-refractivity contribution in [3.05, 3.63) is 22.3 Å². The molecule has 0 saturated carbocycles. The Balaban J connectivity index is 0.000000525. The molecule has 1 aromatic heterocycles. The quantitative estimate of drug-likeness (QED) is 0.476. The number of aromatic amines is 1. The lowest BCUT2D eigenvalue weighted by atomic mass is 10.2. The fourth-order valence-electron chi connectivity index (χ4n) is 1.63. The number of alkyl halides is 6. The Bertz CT molecular complexity index is 776. The molecular weight excluding hydrogens is 442 g/mol. The van der Waals surface area contributed by atoms with Crippen molar-refractivity contribution in [2.24, 2.45) is 5.73 Å². The Kier molecular flexibility index (Phi) is 9.40. The molecule has 0 aliphatic carbocycles. The van der Waals surface area contributed by atoms with Crippen molar-refractivity contribution in [3.63, 3.8) is 0 Å². The zero-order valence-corrected chi connectivity index (χ0v) is 16.4. The molecule has 0 spiro atoms. The van der Waals surface area contributed by atoms with Crippen LogP contribution in [0.3, 0.4) is 0 Å². The van der Waals surface area contributed by atoms with E-state index in [4.69, 9.17) is 5.73 Å². The predicted octanol–water partition coefficient (Wildman–Crippen LogP) is 2.57. The van der Waals surface area contributed by atoms with Gasteiger partial charge in [-0.15, -0.1) is 0 Å². The second-order valence-electron chi connectivity index (χ2n) is 5.32. The van der Waals surface area contributed by atoms with Crippen LogP contribution in [0.15, 0.2) is 12.4 Å². The van der Waals surface area contributed by atoms with Gasteiger partial charge in [0.1, 0.15) is 18.4 Å². The smallest absolute Gasteiger partial charge is 0.421 e. The number of hydrogen-bond donors (Lipinski definition) is 2. The number of aryl methyl sites for hydroxylation is 1. The van der Waals surface area contributed by atoms with Crippen LogP contribution in [0, 0.1) is 0 Å². The van der Waals surface area contributed by atoms with E-state index in [0.717, 1.165) is 22.9 Å². The van der Waals surface area contributed by atoms with Gasteiger partial charge in [-0.25, -0.2) is 26.4 Å². The number of imidazole rings is 1. The van der Waals surface area contributed by atoms with Crippen LogP contribution in [0.25, 0.3) is 4.13 Å². The number of unbranched alkanes of at least 4 members (excludes halogenated alkanes) is 1. The molecule has 3 N–H and O–H groups in total. The maximum Gasteiger partial charge on any atom is 0.480 e. The maximum absolute atomic E-state index is 11.4. The molecule has 0 amide bonds. The Morgan fingerprint density at radius 3 is 1.89 bits per heavy atom. The zero-order valence-electron chi connectivity index (χ0n) is 14.7. The minimum Gasteiger partial charge on any atom is -0.421 e. The van der Waals surface area contributed by atoms with Crippen LogP contribution in [-0.4, -0.2) is 32.8 Å². The van der Waals surface area contributed by atoms with E-state index in [-0.39, 0.29) is 6.04 Å². The lowest BCUT2D eigenvalue weighted by Crippen LogP contribution is -2.39. The molecule has 1 rings (SSSR count). The Morgan fingerprint density at radius 1 is 1.07 bits per heavy atom. The SMILES string of the molecule is CCCC[n+]1cc[nH]c1C(N)CC.O=S(=O)([N-]S(=O)(=O)C(F)(F)F)C(F)(F)F. The molecule has 166 valence electrons. The second kappa shape index (κ2) is 9.89. The molecule has 0 aliphatic heterocycles. The molecule has 0 radical (unpaired) electrons. The summed E-state index contributed by atoms with van der Waals surface area (Å²) in [5.41, 5.74) is -6.45. The van der Waals surface area contributed by atoms with Crippen molar-refractivity contribution in [1.82, 2.24) is 4.98 Å². The van der Waals surface area contributed by atoms with Crippen LogP contribution in [0.5, 0.6) is 0 Å². The lowest BCUT2D eigenvalue weighted by molar-refractivity contribution is -0.704. The summed E-state index contributed by atoms with van der Waals surface area (Å²) in [5.74, 6) is 1.15. The molecule has 0 aliphatic rings. The molecule has 0 aromatic carbocycles. The first-order valence-corrected chi connectivity index (χ1v) is 10.6. The summed E-state index contributed by atoms with van der Waals surface area (Å²) < 4.78 is 111. The molecule has 1 aromatic rings. The third-order valence-electron chi connectivity index (χ3n) is 3.12. The van der Waals surface area contributed by atoms with Crippen LogP contribution in [0.2, 0.25) is 0 Å². The highest BCUT2D eigenvalue weighted by atomic mass is 32.3. The molecule has 1 atom stereocenters. The number of sulfonamides is 2. The van der Waals surface area contributed by atoms with Gasteiger partial charge >= 0.3 is 11.0 Å². The first kappa shape index (κ1) is 26.6. The molecule has 28 heavy (non-hydrogen) atoms. The highest BCUT2D eigenvalue weighted by Crippen LogP contribution is 2.36. The number of rotatable bonds is 7. The van der Waals surface area contributed by atoms with Crippen molar-refractivity contribution < 1.29 is 47.7 Å². The van der Waals surface area contributed by atoms with E-state index in [9.17, 15) is 43.2 Å². The molecule has 0 saturated heterocycles. The maximum atomic E-state index is 11.4. The fourth-order valence-corrected chi connectivity index (χ4v) is 3.34. The summed E-state index contributed by atoms with van der Waals surface area (Å²) in [7, 11) is -13.4. The fraction of sp³-hybridized carbons (Fsp3) is 0.750. The second-order valence-corrected chi connectivity index (χ2v) is 8.75. The van der Waals surface area contributed by atoms with Gasteiger partial charge in [-0.1, -0.05) is 20.3 Å². The summed E-state index contributed by atoms with van der Waals surface area (Å²) >= 11 is 0. The predicted molar refractivity (Wildman–Crippen MR) is 86.4 cm³/mol. The van der Waals surface area contributed by atoms with Crippen LogP contribution in [-0.2, 0) is 26.6 Å². The van der Waals surface area contributed by atoms with E-state index in [1.165, 1.54) is 12.8 Å². The first-order valence-electron chi connectivity index (χ1n) is 7.69. The first-order chi connectivity index (χ1) is 12.5. The van der Waals surface area contributed by atoms with E-state index in [2.05, 4.69) is 29.6 Å². The summed E-state index contributed by atoms with van der Waals surface area (Å²) in [5, 5.41) is 0. The van der Waals surface area contributed by atoms with Crippen LogP contribution >= 0.6 is 0 Å². The van der Waals surface area contributed by atoms with Gasteiger partial charge in [0.05, 0.1) is 6.54 Å². The molecule has 1 heterocycles. The van der Waals surface area contributed by atoms with Gasteiger partial charge in [0, 0.05) is 0 Å². The van der Waals surface area contributed by atoms with Crippen molar-refractivity contribution in [2.75, 3.05) is 0 Å². The number of nitrogens with two attached hydrogens (primary N) is 1. The van der Waals surface area contributed by atoms with Gasteiger partial charge in [0.2, 0.25) is 0 Å². The summed E-state index contributed by atoms with van der Waals surface area (Å²) in [6.45, 7) is 5.38. The van der Waals surface area contributed by atoms with Gasteiger partial charge < -0.3 is 9.86 Å². The molecule has 1 unspecified atom stereocenters. The van der Waals surface area contributed by atoms with Crippen LogP contribution in [0.4, 0.5) is 26.3 Å². The molecular formula is C12H20F6N4O4S2. The highest BCUT2D eigenvalue weighted by Gasteiger charge is 2.46. The van der Waals surface area contributed by atoms with E-state index in [1.54, 1.807) is 0 Å². The minimum absolute atomic E-state index is 0.145. The standard InChI is InChI=1S/C10H19N3.C2F6NO4S2/c1-3-5-7-13-8-6-12-10(13)9(11)4-2;3-1(4,5)14(10,11)9-15(12,13)2(6,7)8/h6,8-9H,3-5,7,11H2,1-2H3;/q;-1/p+1. The van der Waals surface area contributed by atoms with Crippen molar-refractivity contribution in [1.29, 1.82) is 0 Å². The largest absolute Gasteiger partial charge is 0.480 e. The molecule has 8 nitrogen and oxygen atoms in total. The van der Waals surface area contributed by atoms with Gasteiger partial charge in [0.25, 0.3) is 5.82 Å². The Labute approximate surface area is 158 Å². The summed E-state index contributed by atoms with van der Waals surface area (Å²) in [6.07, 6.45) is 7.44. The summed E-state index contributed by atoms with van der Waals surface area (Å²) in [4.78, 5) is 3.20. The number of halogens is 6. The third-order valence-corrected chi connectivity index (χ3v) is 5.86. The molecule has 0 fully saturated rings. The normalized spacial score (nSPS) is 14.3. The lowest BCUT2D eigenvalue weighted by Gasteiger charge is -2.22. The van der Waals surface area contributed by atoms with E-state index in [1.807, 2.05) is 6.20 Å². The van der Waals surface area contributed by atoms with Gasteiger partial charge in [-0.3, -0.25) is 0 Å². The van der Waals surface area contributed by atoms with Gasteiger partial charge in [0.15, 0.2) is 20.0 Å². The van der Waals surface area contributed by atoms with Crippen LogP contribution < -0.4 is 10.3 Å². The molecule has 16 heteroatoms. The number of aromatic nitrogens is 2. The Morgan fingerprint density at radius 2 is 1.54 bits per heavy atom. The average Bonchev–Trinajstić information content (AvgIpc) is 2.98. The zero-order chi connectivity index (χ0) is 22.4. The number of nitrogens with zero attached hydrogens (tertiary/aromatic N) is 2. The van der Waals surface area contributed by atoms with Crippen LogP contribution in [0.1, 0.15) is 45.0 Å². The number of nitrogens with one attached hydrogen (secondary N) is 1. The van der Waals surface area contributed by atoms with E-state index < -0.39 is 31.1 Å². The van der Waals surface area contributed by atoms with E-state index in [0.29, 0.717) is 0 Å². The Hall–Kier alpha value is -1.39. The average molecular weight is 462 g/mol. The number of hydrogen-bond acceptors (Lipinski definition) is 5. The third kappa shape index (κ3) is 7.56.